The van der Waals surface area contributed by atoms with Gasteiger partial charge < -0.3 is 5.11 Å². The van der Waals surface area contributed by atoms with Crippen LogP contribution in [0, 0.1) is 11.8 Å². The first kappa shape index (κ1) is 6.68. The van der Waals surface area contributed by atoms with E-state index in [0.717, 1.165) is 12.8 Å². The van der Waals surface area contributed by atoms with Gasteiger partial charge in [-0.05, 0) is 35.4 Å². The first-order valence-electron chi connectivity index (χ1n) is 8.77. The predicted molar refractivity (Wildman–Crippen MR) is 69.8 cm³/mol. The van der Waals surface area contributed by atoms with E-state index in [2.05, 4.69) is 0 Å². The molecule has 0 spiro atoms. The van der Waals surface area contributed by atoms with Crippen molar-refractivity contribution in [3.8, 4) is 5.75 Å². The summed E-state index contributed by atoms with van der Waals surface area (Å²) in [5.74, 6) is -2.04. The van der Waals surface area contributed by atoms with Crippen molar-refractivity contribution in [2.75, 3.05) is 0 Å². The zero-order valence-electron chi connectivity index (χ0n) is 15.9. The van der Waals surface area contributed by atoms with E-state index in [9.17, 15) is 5.11 Å². The zero-order chi connectivity index (χ0) is 17.1. The van der Waals surface area contributed by atoms with Crippen LogP contribution in [0.4, 0.5) is 0 Å². The van der Waals surface area contributed by atoms with Crippen molar-refractivity contribution in [3.05, 3.63) is 29.8 Å². The minimum absolute atomic E-state index is 0.0740. The molecule has 90 valence electrons. The molecule has 0 bridgehead atoms. The molecule has 1 aromatic carbocycles. The summed E-state index contributed by atoms with van der Waals surface area (Å²) in [5, 5.41) is 9.42. The van der Waals surface area contributed by atoms with Crippen LogP contribution >= 0.6 is 0 Å². The van der Waals surface area contributed by atoms with Crippen LogP contribution in [0.1, 0.15) is 60.1 Å². The van der Waals surface area contributed by atoms with Crippen LogP contribution in [0.5, 0.6) is 5.75 Å². The van der Waals surface area contributed by atoms with E-state index in [1.165, 1.54) is 12.1 Å². The Morgan fingerprint density at radius 2 is 1.88 bits per heavy atom. The van der Waals surface area contributed by atoms with Crippen molar-refractivity contribution in [2.24, 2.45) is 11.8 Å². The lowest BCUT2D eigenvalue weighted by Crippen LogP contribution is -2.15. The number of rotatable bonds is 5. The molecular formula is C15H24O. The van der Waals surface area contributed by atoms with Gasteiger partial charge in [0, 0.05) is 8.22 Å². The number of hydrogen-bond donors (Lipinski definition) is 1. The maximum Gasteiger partial charge on any atom is 0.115 e. The number of benzene rings is 1. The summed E-state index contributed by atoms with van der Waals surface area (Å²) in [6.45, 7) is -1.26. The van der Waals surface area contributed by atoms with Gasteiger partial charge in [0.1, 0.15) is 5.75 Å². The van der Waals surface area contributed by atoms with Crippen LogP contribution in [0.25, 0.3) is 0 Å². The van der Waals surface area contributed by atoms with Crippen molar-refractivity contribution in [1.82, 2.24) is 0 Å². The summed E-state index contributed by atoms with van der Waals surface area (Å²) in [4.78, 5) is 0. The minimum Gasteiger partial charge on any atom is -0.508 e. The van der Waals surface area contributed by atoms with Crippen molar-refractivity contribution in [1.29, 1.82) is 0 Å². The largest absolute Gasteiger partial charge is 0.508 e. The average molecular weight is 226 g/mol. The quantitative estimate of drug-likeness (QED) is 0.780. The Bertz CT molecular complexity index is 448. The Balaban J connectivity index is 3.37. The smallest absolute Gasteiger partial charge is 0.115 e. The molecule has 0 aliphatic rings. The SMILES string of the molecule is [2H]C([2H])([2H])C(C(c1ccc(O)cc1)C(C)CCC)C([2H])([2H])[2H]. The normalized spacial score (nSPS) is 22.2. The van der Waals surface area contributed by atoms with Crippen LogP contribution < -0.4 is 0 Å². The van der Waals surface area contributed by atoms with Crippen molar-refractivity contribution in [3.63, 3.8) is 0 Å². The summed E-state index contributed by atoms with van der Waals surface area (Å²) in [6, 6.07) is 6.18. The molecule has 1 heteroatoms. The van der Waals surface area contributed by atoms with E-state index in [-0.39, 0.29) is 11.7 Å². The highest BCUT2D eigenvalue weighted by Gasteiger charge is 2.21. The highest BCUT2D eigenvalue weighted by molar-refractivity contribution is 5.29. The monoisotopic (exact) mass is 226 g/mol. The third-order valence-corrected chi connectivity index (χ3v) is 2.99. The number of aromatic hydroxyl groups is 1. The van der Waals surface area contributed by atoms with Gasteiger partial charge >= 0.3 is 0 Å². The molecule has 0 aliphatic heterocycles. The van der Waals surface area contributed by atoms with Crippen LogP contribution in [-0.2, 0) is 0 Å². The molecule has 0 saturated carbocycles. The van der Waals surface area contributed by atoms with Gasteiger partial charge in [-0.2, -0.15) is 0 Å². The fourth-order valence-corrected chi connectivity index (χ4v) is 2.18. The molecule has 0 aliphatic carbocycles. The summed E-state index contributed by atoms with van der Waals surface area (Å²) >= 11 is 0. The lowest BCUT2D eigenvalue weighted by Gasteiger charge is -2.28. The summed E-state index contributed by atoms with van der Waals surface area (Å²) < 4.78 is 46.3. The molecule has 0 fully saturated rings. The third-order valence-electron chi connectivity index (χ3n) is 2.99. The van der Waals surface area contributed by atoms with E-state index in [4.69, 9.17) is 8.22 Å². The van der Waals surface area contributed by atoms with E-state index in [1.54, 1.807) is 12.1 Å². The Hall–Kier alpha value is -0.980. The number of phenolic OH excluding ortho intramolecular Hbond substituents is 1. The van der Waals surface area contributed by atoms with Crippen molar-refractivity contribution < 1.29 is 13.3 Å². The van der Waals surface area contributed by atoms with Crippen LogP contribution in [0.15, 0.2) is 24.3 Å². The average Bonchev–Trinajstić information content (AvgIpc) is 2.34. The van der Waals surface area contributed by atoms with Crippen LogP contribution in [0.3, 0.4) is 0 Å². The maximum absolute atomic E-state index is 9.42. The molecule has 0 aromatic heterocycles. The molecule has 1 N–H and O–H groups in total. The highest BCUT2D eigenvalue weighted by Crippen LogP contribution is 2.34. The van der Waals surface area contributed by atoms with Gasteiger partial charge in [0.15, 0.2) is 0 Å². The second-order valence-corrected chi connectivity index (χ2v) is 4.36. The Morgan fingerprint density at radius 1 is 1.25 bits per heavy atom. The second-order valence-electron chi connectivity index (χ2n) is 4.36. The second kappa shape index (κ2) is 5.93. The molecule has 0 saturated heterocycles. The van der Waals surface area contributed by atoms with Crippen molar-refractivity contribution in [2.45, 2.75) is 46.3 Å². The lowest BCUT2D eigenvalue weighted by molar-refractivity contribution is 0.343. The standard InChI is InChI=1S/C15H24O/c1-5-6-12(4)15(11(2)3)13-7-9-14(16)10-8-13/h7-12,15-16H,5-6H2,1-4H3/i2D3,3D3. The summed E-state index contributed by atoms with van der Waals surface area (Å²) in [7, 11) is 0. The van der Waals surface area contributed by atoms with E-state index < -0.39 is 25.5 Å². The molecule has 2 unspecified atom stereocenters. The number of phenols is 1. The molecule has 0 heterocycles. The first-order valence-corrected chi connectivity index (χ1v) is 5.77. The third kappa shape index (κ3) is 3.26. The zero-order valence-corrected chi connectivity index (χ0v) is 9.90. The summed E-state index contributed by atoms with van der Waals surface area (Å²) in [6.07, 6.45) is 1.60. The maximum atomic E-state index is 9.42. The molecule has 0 amide bonds. The first-order chi connectivity index (χ1) is 9.98. The van der Waals surface area contributed by atoms with Gasteiger partial charge in [-0.25, -0.2) is 0 Å². The molecule has 2 atom stereocenters. The fourth-order valence-electron chi connectivity index (χ4n) is 2.18. The molecule has 1 rings (SSSR count). The Labute approximate surface area is 108 Å². The summed E-state index contributed by atoms with van der Waals surface area (Å²) in [5.41, 5.74) is 0.649. The molecule has 1 aromatic rings. The van der Waals surface area contributed by atoms with Crippen molar-refractivity contribution >= 4 is 0 Å². The Kier molecular flexibility index (Phi) is 2.48. The highest BCUT2D eigenvalue weighted by atomic mass is 16.3. The molecule has 0 radical (unpaired) electrons. The van der Waals surface area contributed by atoms with E-state index in [0.29, 0.717) is 5.56 Å². The minimum atomic E-state index is -2.57. The molecule has 16 heavy (non-hydrogen) atoms. The number of hydrogen-bond acceptors (Lipinski definition) is 1. The van der Waals surface area contributed by atoms with E-state index in [1.807, 2.05) is 13.8 Å². The van der Waals surface area contributed by atoms with Gasteiger partial charge in [0.2, 0.25) is 0 Å². The van der Waals surface area contributed by atoms with Crippen LogP contribution in [-0.4, -0.2) is 5.11 Å². The van der Waals surface area contributed by atoms with Gasteiger partial charge in [-0.1, -0.05) is 52.5 Å². The van der Waals surface area contributed by atoms with Gasteiger partial charge in [0.25, 0.3) is 0 Å². The Morgan fingerprint density at radius 3 is 2.38 bits per heavy atom. The molecule has 1 nitrogen and oxygen atoms in total. The van der Waals surface area contributed by atoms with Gasteiger partial charge in [0.05, 0.1) is 0 Å². The van der Waals surface area contributed by atoms with Gasteiger partial charge in [-0.3, -0.25) is 0 Å². The fraction of sp³-hybridized carbons (Fsp3) is 0.600. The van der Waals surface area contributed by atoms with Gasteiger partial charge in [-0.15, -0.1) is 0 Å². The van der Waals surface area contributed by atoms with E-state index >= 15 is 0 Å². The molecular weight excluding hydrogens is 196 g/mol. The van der Waals surface area contributed by atoms with Crippen LogP contribution in [0.2, 0.25) is 0 Å². The predicted octanol–water partition coefficient (Wildman–Crippen LogP) is 4.57. The lowest BCUT2D eigenvalue weighted by atomic mass is 9.77. The topological polar surface area (TPSA) is 20.2 Å².